The Balaban J connectivity index is 2.35. The van der Waals surface area contributed by atoms with Crippen molar-refractivity contribution in [2.24, 2.45) is 7.05 Å². The minimum absolute atomic E-state index is 0.0528. The molecule has 0 unspecified atom stereocenters. The summed E-state index contributed by atoms with van der Waals surface area (Å²) in [6, 6.07) is 7.95. The number of benzene rings is 1. The third-order valence-corrected chi connectivity index (χ3v) is 3.01. The Labute approximate surface area is 120 Å². The number of carbonyl (C=O) groups is 1. The number of halogens is 1. The number of aromatic nitrogens is 1. The molecule has 104 valence electrons. The minimum atomic E-state index is -0.508. The number of anilines is 1. The van der Waals surface area contributed by atoms with Gasteiger partial charge in [0.2, 0.25) is 0 Å². The molecule has 20 heavy (non-hydrogen) atoms. The Morgan fingerprint density at radius 3 is 2.80 bits per heavy atom. The summed E-state index contributed by atoms with van der Waals surface area (Å²) in [5, 5.41) is 3.09. The number of aryl methyl sites for hydroxylation is 1. The second-order valence-corrected chi connectivity index (χ2v) is 4.57. The van der Waals surface area contributed by atoms with Gasteiger partial charge in [-0.25, -0.2) is 0 Å². The van der Waals surface area contributed by atoms with Crippen molar-refractivity contribution in [1.82, 2.24) is 4.57 Å². The fraction of sp³-hybridized carbons (Fsp3) is 0.143. The fourth-order valence-electron chi connectivity index (χ4n) is 1.74. The van der Waals surface area contributed by atoms with Crippen molar-refractivity contribution >= 4 is 23.2 Å². The summed E-state index contributed by atoms with van der Waals surface area (Å²) >= 11 is 5.89. The van der Waals surface area contributed by atoms with Crippen LogP contribution in [-0.2, 0) is 7.05 Å². The van der Waals surface area contributed by atoms with Crippen molar-refractivity contribution in [1.29, 1.82) is 0 Å². The van der Waals surface area contributed by atoms with Crippen molar-refractivity contribution in [3.63, 3.8) is 0 Å². The molecule has 0 radical (unpaired) electrons. The van der Waals surface area contributed by atoms with Gasteiger partial charge in [-0.2, -0.15) is 0 Å². The van der Waals surface area contributed by atoms with Gasteiger partial charge < -0.3 is 14.6 Å². The van der Waals surface area contributed by atoms with Crippen LogP contribution < -0.4 is 15.6 Å². The van der Waals surface area contributed by atoms with Crippen LogP contribution in [0.5, 0.6) is 5.75 Å². The second kappa shape index (κ2) is 5.79. The van der Waals surface area contributed by atoms with Crippen LogP contribution in [-0.4, -0.2) is 17.6 Å². The lowest BCUT2D eigenvalue weighted by molar-refractivity contribution is 0.102. The van der Waals surface area contributed by atoms with E-state index in [-0.39, 0.29) is 11.1 Å². The zero-order valence-corrected chi connectivity index (χ0v) is 11.8. The van der Waals surface area contributed by atoms with E-state index in [4.69, 9.17) is 16.3 Å². The van der Waals surface area contributed by atoms with Gasteiger partial charge >= 0.3 is 0 Å². The van der Waals surface area contributed by atoms with Gasteiger partial charge in [-0.1, -0.05) is 11.6 Å². The number of nitrogens with one attached hydrogen (secondary N) is 1. The summed E-state index contributed by atoms with van der Waals surface area (Å²) in [4.78, 5) is 24.0. The highest BCUT2D eigenvalue weighted by Crippen LogP contribution is 2.27. The van der Waals surface area contributed by atoms with E-state index in [9.17, 15) is 9.59 Å². The number of hydrogen-bond donors (Lipinski definition) is 1. The largest absolute Gasteiger partial charge is 0.495 e. The molecule has 0 spiro atoms. The SMILES string of the molecule is COc1ccc(Cl)cc1NC(=O)c1cccn(C)c1=O. The summed E-state index contributed by atoms with van der Waals surface area (Å²) < 4.78 is 6.47. The third-order valence-electron chi connectivity index (χ3n) is 2.78. The molecule has 1 N–H and O–H groups in total. The van der Waals surface area contributed by atoms with Crippen molar-refractivity contribution in [3.8, 4) is 5.75 Å². The van der Waals surface area contributed by atoms with Gasteiger partial charge in [0.1, 0.15) is 11.3 Å². The zero-order chi connectivity index (χ0) is 14.7. The molecule has 0 aliphatic heterocycles. The number of hydrogen-bond acceptors (Lipinski definition) is 3. The van der Waals surface area contributed by atoms with E-state index in [2.05, 4.69) is 5.32 Å². The molecule has 0 aliphatic rings. The quantitative estimate of drug-likeness (QED) is 0.944. The van der Waals surface area contributed by atoms with Gasteiger partial charge in [0.05, 0.1) is 12.8 Å². The van der Waals surface area contributed by atoms with E-state index < -0.39 is 5.91 Å². The molecule has 0 fully saturated rings. The van der Waals surface area contributed by atoms with E-state index in [1.54, 1.807) is 37.5 Å². The summed E-state index contributed by atoms with van der Waals surface area (Å²) in [5.41, 5.74) is 0.0962. The number of amides is 1. The lowest BCUT2D eigenvalue weighted by Crippen LogP contribution is -2.27. The molecule has 2 aromatic rings. The highest BCUT2D eigenvalue weighted by molar-refractivity contribution is 6.31. The first-order valence-electron chi connectivity index (χ1n) is 5.83. The third kappa shape index (κ3) is 2.83. The molecule has 1 aromatic heterocycles. The number of ether oxygens (including phenoxy) is 1. The van der Waals surface area contributed by atoms with Crippen molar-refractivity contribution in [2.45, 2.75) is 0 Å². The maximum atomic E-state index is 12.1. The standard InChI is InChI=1S/C14H13ClN2O3/c1-17-7-3-4-10(14(17)19)13(18)16-11-8-9(15)5-6-12(11)20-2/h3-8H,1-2H3,(H,16,18). The second-order valence-electron chi connectivity index (χ2n) is 4.14. The van der Waals surface area contributed by atoms with Gasteiger partial charge in [-0.05, 0) is 30.3 Å². The van der Waals surface area contributed by atoms with E-state index in [0.29, 0.717) is 16.5 Å². The summed E-state index contributed by atoms with van der Waals surface area (Å²) in [6.45, 7) is 0. The highest BCUT2D eigenvalue weighted by atomic mass is 35.5. The van der Waals surface area contributed by atoms with Crippen LogP contribution in [0.25, 0.3) is 0 Å². The normalized spacial score (nSPS) is 10.2. The van der Waals surface area contributed by atoms with E-state index in [0.717, 1.165) is 0 Å². The smallest absolute Gasteiger partial charge is 0.263 e. The molecule has 0 saturated carbocycles. The van der Waals surface area contributed by atoms with E-state index in [1.807, 2.05) is 0 Å². The average Bonchev–Trinajstić information content (AvgIpc) is 2.42. The Kier molecular flexibility index (Phi) is 4.10. The Bertz CT molecular complexity index is 710. The van der Waals surface area contributed by atoms with Gasteiger partial charge in [-0.3, -0.25) is 9.59 Å². The average molecular weight is 293 g/mol. The maximum Gasteiger partial charge on any atom is 0.263 e. The molecular formula is C14H13ClN2O3. The number of carbonyl (C=O) groups excluding carboxylic acids is 1. The number of rotatable bonds is 3. The van der Waals surface area contributed by atoms with Gasteiger partial charge in [-0.15, -0.1) is 0 Å². The van der Waals surface area contributed by atoms with E-state index in [1.165, 1.54) is 17.7 Å². The molecule has 2 rings (SSSR count). The first kappa shape index (κ1) is 14.1. The number of nitrogens with zero attached hydrogens (tertiary/aromatic N) is 1. The summed E-state index contributed by atoms with van der Waals surface area (Å²) in [6.07, 6.45) is 1.58. The molecule has 0 bridgehead atoms. The van der Waals surface area contributed by atoms with Crippen LogP contribution in [0.3, 0.4) is 0 Å². The topological polar surface area (TPSA) is 60.3 Å². The molecule has 0 atom stereocenters. The molecule has 5 nitrogen and oxygen atoms in total. The molecule has 1 amide bonds. The summed E-state index contributed by atoms with van der Waals surface area (Å²) in [7, 11) is 3.07. The summed E-state index contributed by atoms with van der Waals surface area (Å²) in [5.74, 6) is -0.0396. The van der Waals surface area contributed by atoms with Crippen LogP contribution in [0.1, 0.15) is 10.4 Å². The van der Waals surface area contributed by atoms with Crippen LogP contribution >= 0.6 is 11.6 Å². The first-order valence-corrected chi connectivity index (χ1v) is 6.21. The van der Waals surface area contributed by atoms with Crippen molar-refractivity contribution in [2.75, 3.05) is 12.4 Å². The predicted octanol–water partition coefficient (Wildman–Crippen LogP) is 2.30. The van der Waals surface area contributed by atoms with Crippen LogP contribution in [0.15, 0.2) is 41.3 Å². The molecule has 1 heterocycles. The molecule has 1 aromatic carbocycles. The van der Waals surface area contributed by atoms with Crippen LogP contribution in [0.4, 0.5) is 5.69 Å². The monoisotopic (exact) mass is 292 g/mol. The fourth-order valence-corrected chi connectivity index (χ4v) is 1.91. The Hall–Kier alpha value is -2.27. The first-order chi connectivity index (χ1) is 9.52. The minimum Gasteiger partial charge on any atom is -0.495 e. The molecular weight excluding hydrogens is 280 g/mol. The number of methoxy groups -OCH3 is 1. The molecule has 6 heteroatoms. The Morgan fingerprint density at radius 1 is 1.35 bits per heavy atom. The predicted molar refractivity (Wildman–Crippen MR) is 77.6 cm³/mol. The van der Waals surface area contributed by atoms with Gasteiger partial charge in [0, 0.05) is 18.3 Å². The van der Waals surface area contributed by atoms with E-state index >= 15 is 0 Å². The lowest BCUT2D eigenvalue weighted by Gasteiger charge is -2.10. The van der Waals surface area contributed by atoms with Crippen LogP contribution in [0, 0.1) is 0 Å². The lowest BCUT2D eigenvalue weighted by atomic mass is 10.2. The van der Waals surface area contributed by atoms with Gasteiger partial charge in [0.25, 0.3) is 11.5 Å². The molecule has 0 aliphatic carbocycles. The molecule has 0 saturated heterocycles. The van der Waals surface area contributed by atoms with Gasteiger partial charge in [0.15, 0.2) is 0 Å². The van der Waals surface area contributed by atoms with Crippen LogP contribution in [0.2, 0.25) is 5.02 Å². The highest BCUT2D eigenvalue weighted by Gasteiger charge is 2.13. The zero-order valence-electron chi connectivity index (χ0n) is 11.0. The maximum absolute atomic E-state index is 12.1. The number of pyridine rings is 1. The van der Waals surface area contributed by atoms with Crippen molar-refractivity contribution < 1.29 is 9.53 Å². The van der Waals surface area contributed by atoms with Crippen molar-refractivity contribution in [3.05, 3.63) is 57.5 Å². The Morgan fingerprint density at radius 2 is 2.10 bits per heavy atom.